The van der Waals surface area contributed by atoms with Gasteiger partial charge in [0.05, 0.1) is 26.4 Å². The van der Waals surface area contributed by atoms with Crippen LogP contribution in [0, 0.1) is 0 Å². The fourth-order valence-electron chi connectivity index (χ4n) is 2.55. The van der Waals surface area contributed by atoms with Crippen LogP contribution >= 0.6 is 0 Å². The molecule has 0 aromatic heterocycles. The van der Waals surface area contributed by atoms with Crippen LogP contribution < -0.4 is 4.90 Å². The lowest BCUT2D eigenvalue weighted by Crippen LogP contribution is -2.38. The average Bonchev–Trinajstić information content (AvgIpc) is 2.66. The summed E-state index contributed by atoms with van der Waals surface area (Å²) in [4.78, 5) is 37.6. The van der Waals surface area contributed by atoms with E-state index < -0.39 is 11.9 Å². The third kappa shape index (κ3) is 4.06. The van der Waals surface area contributed by atoms with Crippen LogP contribution in [0.3, 0.4) is 0 Å². The first-order valence-electron chi connectivity index (χ1n) is 7.91. The van der Waals surface area contributed by atoms with E-state index in [1.165, 1.54) is 19.1 Å². The Kier molecular flexibility index (Phi) is 6.30. The first-order chi connectivity index (χ1) is 12.0. The van der Waals surface area contributed by atoms with Crippen LogP contribution in [0.1, 0.15) is 30.1 Å². The minimum atomic E-state index is -0.658. The highest BCUT2D eigenvalue weighted by molar-refractivity contribution is 6.03. The van der Waals surface area contributed by atoms with E-state index in [2.05, 4.69) is 0 Å². The second-order valence-electron chi connectivity index (χ2n) is 5.44. The summed E-state index contributed by atoms with van der Waals surface area (Å²) in [6.07, 6.45) is 1.25. The molecular weight excluding hydrogens is 326 g/mol. The Morgan fingerprint density at radius 2 is 1.72 bits per heavy atom. The molecule has 1 aliphatic rings. The van der Waals surface area contributed by atoms with E-state index in [0.717, 1.165) is 6.42 Å². The van der Waals surface area contributed by atoms with E-state index in [0.29, 0.717) is 17.7 Å². The van der Waals surface area contributed by atoms with Gasteiger partial charge < -0.3 is 19.1 Å². The van der Waals surface area contributed by atoms with Crippen molar-refractivity contribution in [1.29, 1.82) is 0 Å². The summed E-state index contributed by atoms with van der Waals surface area (Å²) in [6, 6.07) is 6.79. The molecule has 0 N–H and O–H groups in total. The zero-order valence-corrected chi connectivity index (χ0v) is 14.5. The van der Waals surface area contributed by atoms with E-state index in [9.17, 15) is 14.4 Å². The molecule has 0 saturated heterocycles. The fourth-order valence-corrected chi connectivity index (χ4v) is 2.55. The van der Waals surface area contributed by atoms with Crippen molar-refractivity contribution in [2.75, 3.05) is 32.5 Å². The predicted octanol–water partition coefficient (Wildman–Crippen LogP) is 2.06. The maximum Gasteiger partial charge on any atom is 0.355 e. The molecule has 2 rings (SSSR count). The number of carbonyl (C=O) groups is 3. The highest BCUT2D eigenvalue weighted by Gasteiger charge is 2.32. The second-order valence-corrected chi connectivity index (χ2v) is 5.44. The van der Waals surface area contributed by atoms with Crippen LogP contribution in [0.5, 0.6) is 0 Å². The van der Waals surface area contributed by atoms with Crippen LogP contribution in [0.2, 0.25) is 0 Å². The number of hydrogen-bond donors (Lipinski definition) is 0. The van der Waals surface area contributed by atoms with Crippen LogP contribution in [-0.4, -0.2) is 45.3 Å². The van der Waals surface area contributed by atoms with Crippen molar-refractivity contribution in [1.82, 2.24) is 0 Å². The Labute approximate surface area is 146 Å². The minimum Gasteiger partial charge on any atom is -0.466 e. The van der Waals surface area contributed by atoms with E-state index >= 15 is 0 Å². The number of ketones is 1. The molecule has 1 aromatic rings. The molecule has 25 heavy (non-hydrogen) atoms. The molecule has 0 radical (unpaired) electrons. The zero-order chi connectivity index (χ0) is 18.4. The molecule has 0 amide bonds. The molecule has 7 heteroatoms. The van der Waals surface area contributed by atoms with Gasteiger partial charge in [0, 0.05) is 17.7 Å². The van der Waals surface area contributed by atoms with Gasteiger partial charge in [0.1, 0.15) is 12.4 Å². The number of nitrogens with zero attached hydrogens (tertiary/aromatic N) is 1. The topological polar surface area (TPSA) is 82.1 Å². The monoisotopic (exact) mass is 347 g/mol. The molecule has 1 aromatic carbocycles. The van der Waals surface area contributed by atoms with Gasteiger partial charge in [-0.2, -0.15) is 0 Å². The smallest absolute Gasteiger partial charge is 0.355 e. The molecule has 0 bridgehead atoms. The SMILES string of the molecule is CCCC(=O)c1ccc(N2COCC(C(=O)OC)=C2C(=O)OC)cc1. The molecule has 1 aliphatic heterocycles. The maximum absolute atomic E-state index is 12.2. The van der Waals surface area contributed by atoms with Gasteiger partial charge in [0.2, 0.25) is 0 Å². The number of hydrogen-bond acceptors (Lipinski definition) is 7. The lowest BCUT2D eigenvalue weighted by atomic mass is 10.1. The Balaban J connectivity index is 2.40. The van der Waals surface area contributed by atoms with Gasteiger partial charge in [-0.05, 0) is 30.7 Å². The molecule has 0 atom stereocenters. The Bertz CT molecular complexity index is 692. The number of benzene rings is 1. The molecular formula is C18H21NO6. The largest absolute Gasteiger partial charge is 0.466 e. The first kappa shape index (κ1) is 18.7. The normalized spacial score (nSPS) is 14.3. The summed E-state index contributed by atoms with van der Waals surface area (Å²) in [5, 5.41) is 0. The number of anilines is 1. The number of ether oxygens (including phenoxy) is 3. The maximum atomic E-state index is 12.2. The third-order valence-corrected chi connectivity index (χ3v) is 3.81. The zero-order valence-electron chi connectivity index (χ0n) is 14.5. The van der Waals surface area contributed by atoms with Crippen molar-refractivity contribution >= 4 is 23.4 Å². The van der Waals surface area contributed by atoms with Gasteiger partial charge in [-0.1, -0.05) is 6.92 Å². The van der Waals surface area contributed by atoms with Crippen molar-refractivity contribution in [2.45, 2.75) is 19.8 Å². The van der Waals surface area contributed by atoms with Gasteiger partial charge in [-0.3, -0.25) is 4.79 Å². The molecule has 0 saturated carbocycles. The van der Waals surface area contributed by atoms with Gasteiger partial charge in [-0.25, -0.2) is 9.59 Å². The van der Waals surface area contributed by atoms with Gasteiger partial charge >= 0.3 is 11.9 Å². The Morgan fingerprint density at radius 1 is 1.08 bits per heavy atom. The standard InChI is InChI=1S/C18H21NO6/c1-4-5-15(20)12-6-8-13(9-7-12)19-11-25-10-14(17(21)23-2)16(19)18(22)24-3/h6-9H,4-5,10-11H2,1-3H3. The molecule has 134 valence electrons. The highest BCUT2D eigenvalue weighted by Crippen LogP contribution is 2.27. The van der Waals surface area contributed by atoms with Crippen molar-refractivity contribution < 1.29 is 28.6 Å². The third-order valence-electron chi connectivity index (χ3n) is 3.81. The summed E-state index contributed by atoms with van der Waals surface area (Å²) in [5.74, 6) is -1.25. The van der Waals surface area contributed by atoms with Crippen LogP contribution in [0.15, 0.2) is 35.5 Å². The van der Waals surface area contributed by atoms with Crippen LogP contribution in [0.4, 0.5) is 5.69 Å². The second kappa shape index (κ2) is 8.43. The highest BCUT2D eigenvalue weighted by atomic mass is 16.5. The lowest BCUT2D eigenvalue weighted by Gasteiger charge is -2.31. The molecule has 0 aliphatic carbocycles. The lowest BCUT2D eigenvalue weighted by molar-refractivity contribution is -0.140. The number of esters is 2. The molecule has 1 heterocycles. The predicted molar refractivity (Wildman–Crippen MR) is 90.0 cm³/mol. The van der Waals surface area contributed by atoms with Crippen molar-refractivity contribution in [3.05, 3.63) is 41.1 Å². The van der Waals surface area contributed by atoms with Crippen molar-refractivity contribution in [2.24, 2.45) is 0 Å². The van der Waals surface area contributed by atoms with Gasteiger partial charge in [0.25, 0.3) is 0 Å². The summed E-state index contributed by atoms with van der Waals surface area (Å²) in [6.45, 7) is 1.98. The Morgan fingerprint density at radius 3 is 2.28 bits per heavy atom. The number of Topliss-reactive ketones (excluding diaryl/α,β-unsaturated/α-hetero) is 1. The summed E-state index contributed by atoms with van der Waals surface area (Å²) in [7, 11) is 2.47. The first-order valence-corrected chi connectivity index (χ1v) is 7.91. The van der Waals surface area contributed by atoms with E-state index in [1.807, 2.05) is 6.92 Å². The van der Waals surface area contributed by atoms with Crippen molar-refractivity contribution in [3.8, 4) is 0 Å². The van der Waals surface area contributed by atoms with Gasteiger partial charge in [-0.15, -0.1) is 0 Å². The molecule has 7 nitrogen and oxygen atoms in total. The number of rotatable bonds is 6. The molecule has 0 spiro atoms. The van der Waals surface area contributed by atoms with E-state index in [4.69, 9.17) is 14.2 Å². The van der Waals surface area contributed by atoms with Crippen LogP contribution in [0.25, 0.3) is 0 Å². The molecule has 0 fully saturated rings. The molecule has 0 unspecified atom stereocenters. The van der Waals surface area contributed by atoms with Crippen molar-refractivity contribution in [3.63, 3.8) is 0 Å². The van der Waals surface area contributed by atoms with E-state index in [1.54, 1.807) is 24.3 Å². The van der Waals surface area contributed by atoms with E-state index in [-0.39, 0.29) is 30.4 Å². The quantitative estimate of drug-likeness (QED) is 0.575. The average molecular weight is 347 g/mol. The van der Waals surface area contributed by atoms with Crippen LogP contribution in [-0.2, 0) is 23.8 Å². The summed E-state index contributed by atoms with van der Waals surface area (Å²) in [5.41, 5.74) is 1.37. The van der Waals surface area contributed by atoms with Gasteiger partial charge in [0.15, 0.2) is 5.78 Å². The Hall–Kier alpha value is -2.67. The number of carbonyl (C=O) groups excluding carboxylic acids is 3. The fraction of sp³-hybridized carbons (Fsp3) is 0.389. The minimum absolute atomic E-state index is 0.0410. The number of methoxy groups -OCH3 is 2. The summed E-state index contributed by atoms with van der Waals surface area (Å²) < 4.78 is 14.9. The summed E-state index contributed by atoms with van der Waals surface area (Å²) >= 11 is 0.